The van der Waals surface area contributed by atoms with Crippen molar-refractivity contribution in [2.24, 2.45) is 5.92 Å². The van der Waals surface area contributed by atoms with Gasteiger partial charge >= 0.3 is 0 Å². The van der Waals surface area contributed by atoms with Gasteiger partial charge in [-0.2, -0.15) is 0 Å². The molecule has 1 amide bonds. The first-order chi connectivity index (χ1) is 5.97. The molecule has 0 aromatic heterocycles. The average molecular weight is 184 g/mol. The second-order valence-electron chi connectivity index (χ2n) is 4.45. The maximum Gasteiger partial charge on any atom is 0.242 e. The molecule has 3 nitrogen and oxygen atoms in total. The Morgan fingerprint density at radius 3 is 2.77 bits per heavy atom. The Bertz CT molecular complexity index is 201. The summed E-state index contributed by atoms with van der Waals surface area (Å²) < 4.78 is 0. The third-order valence-electron chi connectivity index (χ3n) is 2.63. The van der Waals surface area contributed by atoms with E-state index in [1.54, 1.807) is 0 Å². The van der Waals surface area contributed by atoms with Gasteiger partial charge in [-0.15, -0.1) is 0 Å². The van der Waals surface area contributed by atoms with Crippen molar-refractivity contribution in [1.29, 1.82) is 0 Å². The van der Waals surface area contributed by atoms with E-state index in [-0.39, 0.29) is 11.4 Å². The molecule has 13 heavy (non-hydrogen) atoms. The van der Waals surface area contributed by atoms with E-state index in [1.165, 1.54) is 0 Å². The maximum atomic E-state index is 11.9. The maximum absolute atomic E-state index is 11.9. The van der Waals surface area contributed by atoms with Gasteiger partial charge in [-0.3, -0.25) is 4.79 Å². The van der Waals surface area contributed by atoms with Crippen molar-refractivity contribution in [2.45, 2.75) is 33.2 Å². The molecule has 1 fully saturated rings. The fourth-order valence-electron chi connectivity index (χ4n) is 1.70. The Balaban J connectivity index is 2.80. The summed E-state index contributed by atoms with van der Waals surface area (Å²) in [4.78, 5) is 13.8. The third kappa shape index (κ3) is 2.21. The minimum atomic E-state index is -0.388. The van der Waals surface area contributed by atoms with Crippen LogP contribution in [0.5, 0.6) is 0 Å². The number of hydrogen-bond donors (Lipinski definition) is 1. The monoisotopic (exact) mass is 184 g/mol. The molecule has 1 N–H and O–H groups in total. The number of carbonyl (C=O) groups is 1. The minimum Gasteiger partial charge on any atom is -0.341 e. The molecule has 0 aromatic carbocycles. The quantitative estimate of drug-likeness (QED) is 0.655. The van der Waals surface area contributed by atoms with Gasteiger partial charge in [0.25, 0.3) is 0 Å². The molecule has 1 unspecified atom stereocenters. The van der Waals surface area contributed by atoms with Crippen LogP contribution >= 0.6 is 0 Å². The summed E-state index contributed by atoms with van der Waals surface area (Å²) in [5.74, 6) is 0.769. The van der Waals surface area contributed by atoms with Crippen LogP contribution in [0.15, 0.2) is 0 Å². The molecular weight excluding hydrogens is 164 g/mol. The average Bonchev–Trinajstić information content (AvgIpc) is 2.17. The zero-order valence-electron chi connectivity index (χ0n) is 9.05. The molecular formula is C10H20N2O. The molecule has 0 radical (unpaired) electrons. The van der Waals surface area contributed by atoms with E-state index in [0.717, 1.165) is 19.6 Å². The lowest BCUT2D eigenvalue weighted by atomic mass is 10.0. The molecule has 1 heterocycles. The van der Waals surface area contributed by atoms with Crippen molar-refractivity contribution in [1.82, 2.24) is 10.2 Å². The van der Waals surface area contributed by atoms with Crippen molar-refractivity contribution in [2.75, 3.05) is 19.6 Å². The molecule has 0 aromatic rings. The van der Waals surface area contributed by atoms with Gasteiger partial charge in [-0.05, 0) is 26.7 Å². The Hall–Kier alpha value is -0.570. The summed E-state index contributed by atoms with van der Waals surface area (Å²) in [5, 5.41) is 3.29. The highest BCUT2D eigenvalue weighted by atomic mass is 16.2. The SMILES string of the molecule is CCN1CC(C)CNC(C)(C)C1=O. The first-order valence-electron chi connectivity index (χ1n) is 5.01. The van der Waals surface area contributed by atoms with Gasteiger partial charge in [-0.25, -0.2) is 0 Å². The van der Waals surface area contributed by atoms with Crippen molar-refractivity contribution in [3.63, 3.8) is 0 Å². The van der Waals surface area contributed by atoms with Crippen molar-refractivity contribution in [3.05, 3.63) is 0 Å². The van der Waals surface area contributed by atoms with E-state index >= 15 is 0 Å². The second kappa shape index (κ2) is 3.66. The van der Waals surface area contributed by atoms with Crippen molar-refractivity contribution >= 4 is 5.91 Å². The standard InChI is InChI=1S/C10H20N2O/c1-5-12-7-8(2)6-11-10(3,4)9(12)13/h8,11H,5-7H2,1-4H3. The van der Waals surface area contributed by atoms with Crippen LogP contribution in [0.25, 0.3) is 0 Å². The van der Waals surface area contributed by atoms with Gasteiger partial charge in [0.2, 0.25) is 5.91 Å². The number of amides is 1. The fourth-order valence-corrected chi connectivity index (χ4v) is 1.70. The predicted molar refractivity (Wildman–Crippen MR) is 53.5 cm³/mol. The van der Waals surface area contributed by atoms with Crippen LogP contribution in [0.1, 0.15) is 27.7 Å². The smallest absolute Gasteiger partial charge is 0.242 e. The van der Waals surface area contributed by atoms with Crippen molar-refractivity contribution < 1.29 is 4.79 Å². The molecule has 0 aliphatic carbocycles. The summed E-state index contributed by atoms with van der Waals surface area (Å²) in [5.41, 5.74) is -0.388. The first kappa shape index (κ1) is 10.5. The van der Waals surface area contributed by atoms with Crippen LogP contribution < -0.4 is 5.32 Å². The zero-order chi connectivity index (χ0) is 10.1. The molecule has 76 valence electrons. The van der Waals surface area contributed by atoms with Crippen LogP contribution in [0, 0.1) is 5.92 Å². The van der Waals surface area contributed by atoms with Crippen LogP contribution in [0.4, 0.5) is 0 Å². The van der Waals surface area contributed by atoms with Crippen LogP contribution in [-0.2, 0) is 4.79 Å². The fraction of sp³-hybridized carbons (Fsp3) is 0.900. The molecule has 0 saturated carbocycles. The van der Waals surface area contributed by atoms with Crippen LogP contribution in [-0.4, -0.2) is 36.0 Å². The molecule has 1 aliphatic rings. The number of likely N-dealkylation sites (N-methyl/N-ethyl adjacent to an activating group) is 1. The lowest BCUT2D eigenvalue weighted by molar-refractivity contribution is -0.136. The Morgan fingerprint density at radius 1 is 1.62 bits per heavy atom. The molecule has 1 saturated heterocycles. The number of carbonyl (C=O) groups excluding carboxylic acids is 1. The highest BCUT2D eigenvalue weighted by Crippen LogP contribution is 2.14. The van der Waals surface area contributed by atoms with Gasteiger partial charge in [0.1, 0.15) is 0 Å². The molecule has 3 heteroatoms. The lowest BCUT2D eigenvalue weighted by Gasteiger charge is -2.28. The van der Waals surface area contributed by atoms with Gasteiger partial charge in [0.15, 0.2) is 0 Å². The minimum absolute atomic E-state index is 0.222. The number of nitrogens with one attached hydrogen (secondary N) is 1. The summed E-state index contributed by atoms with van der Waals surface area (Å²) in [6.07, 6.45) is 0. The summed E-state index contributed by atoms with van der Waals surface area (Å²) in [6.45, 7) is 10.7. The lowest BCUT2D eigenvalue weighted by Crippen LogP contribution is -2.51. The first-order valence-corrected chi connectivity index (χ1v) is 5.01. The van der Waals surface area contributed by atoms with E-state index in [9.17, 15) is 4.79 Å². The Morgan fingerprint density at radius 2 is 2.23 bits per heavy atom. The molecule has 1 aliphatic heterocycles. The highest BCUT2D eigenvalue weighted by molar-refractivity contribution is 5.85. The van der Waals surface area contributed by atoms with Gasteiger partial charge in [0, 0.05) is 19.6 Å². The second-order valence-corrected chi connectivity index (χ2v) is 4.45. The van der Waals surface area contributed by atoms with Crippen LogP contribution in [0.2, 0.25) is 0 Å². The normalized spacial score (nSPS) is 28.8. The summed E-state index contributed by atoms with van der Waals surface area (Å²) in [7, 11) is 0. The predicted octanol–water partition coefficient (Wildman–Crippen LogP) is 0.853. The Labute approximate surface area is 80.5 Å². The van der Waals surface area contributed by atoms with Gasteiger partial charge < -0.3 is 10.2 Å². The van der Waals surface area contributed by atoms with E-state index in [0.29, 0.717) is 5.92 Å². The number of hydrogen-bond acceptors (Lipinski definition) is 2. The molecule has 1 rings (SSSR count). The topological polar surface area (TPSA) is 32.3 Å². The van der Waals surface area contributed by atoms with E-state index < -0.39 is 0 Å². The largest absolute Gasteiger partial charge is 0.341 e. The third-order valence-corrected chi connectivity index (χ3v) is 2.63. The van der Waals surface area contributed by atoms with Crippen molar-refractivity contribution in [3.8, 4) is 0 Å². The van der Waals surface area contributed by atoms with E-state index in [1.807, 2.05) is 25.7 Å². The summed E-state index contributed by atoms with van der Waals surface area (Å²) in [6, 6.07) is 0. The van der Waals surface area contributed by atoms with Gasteiger partial charge in [-0.1, -0.05) is 6.92 Å². The molecule has 0 spiro atoms. The number of nitrogens with zero attached hydrogens (tertiary/aromatic N) is 1. The zero-order valence-corrected chi connectivity index (χ0v) is 9.05. The van der Waals surface area contributed by atoms with E-state index in [2.05, 4.69) is 12.2 Å². The van der Waals surface area contributed by atoms with Gasteiger partial charge in [0.05, 0.1) is 5.54 Å². The molecule has 0 bridgehead atoms. The van der Waals surface area contributed by atoms with E-state index in [4.69, 9.17) is 0 Å². The number of rotatable bonds is 1. The highest BCUT2D eigenvalue weighted by Gasteiger charge is 2.34. The molecule has 1 atom stereocenters. The summed E-state index contributed by atoms with van der Waals surface area (Å²) >= 11 is 0. The Kier molecular flexibility index (Phi) is 2.96. The van der Waals surface area contributed by atoms with Crippen LogP contribution in [0.3, 0.4) is 0 Å².